The summed E-state index contributed by atoms with van der Waals surface area (Å²) in [5.74, 6) is -3.08. The Morgan fingerprint density at radius 1 is 1.23 bits per heavy atom. The Morgan fingerprint density at radius 3 is 2.64 bits per heavy atom. The van der Waals surface area contributed by atoms with E-state index in [1.165, 1.54) is 12.3 Å². The molecule has 0 radical (unpaired) electrons. The van der Waals surface area contributed by atoms with E-state index in [0.717, 1.165) is 48.6 Å². The summed E-state index contributed by atoms with van der Waals surface area (Å²) in [5.41, 5.74) is -0.631. The van der Waals surface area contributed by atoms with Crippen LogP contribution in [0.2, 0.25) is 0 Å². The lowest BCUT2D eigenvalue weighted by Crippen LogP contribution is -2.36. The average molecular weight is 544 g/mol. The second-order valence-corrected chi connectivity index (χ2v) is 10.4. The van der Waals surface area contributed by atoms with E-state index < -0.39 is 40.7 Å². The smallest absolute Gasteiger partial charge is 0.271 e. The van der Waals surface area contributed by atoms with E-state index in [2.05, 4.69) is 15.5 Å². The zero-order valence-corrected chi connectivity index (χ0v) is 21.8. The van der Waals surface area contributed by atoms with Crippen molar-refractivity contribution in [3.05, 3.63) is 64.7 Å². The number of hydrogen-bond acceptors (Lipinski definition) is 7. The Bertz CT molecular complexity index is 1360. The lowest BCUT2D eigenvalue weighted by atomic mass is 9.98. The molecule has 3 aromatic rings. The van der Waals surface area contributed by atoms with Crippen molar-refractivity contribution < 1.29 is 27.8 Å². The van der Waals surface area contributed by atoms with Gasteiger partial charge in [0.1, 0.15) is 12.1 Å². The average Bonchev–Trinajstić information content (AvgIpc) is 3.63. The van der Waals surface area contributed by atoms with Crippen molar-refractivity contribution in [1.82, 2.24) is 19.6 Å². The molecule has 1 aliphatic heterocycles. The first-order valence-corrected chi connectivity index (χ1v) is 13.0. The van der Waals surface area contributed by atoms with Gasteiger partial charge in [-0.1, -0.05) is 31.7 Å². The molecule has 208 valence electrons. The third-order valence-electron chi connectivity index (χ3n) is 6.92. The fraction of sp³-hybridized carbons (Fsp3) is 0.481. The van der Waals surface area contributed by atoms with E-state index in [0.29, 0.717) is 25.4 Å². The van der Waals surface area contributed by atoms with Gasteiger partial charge in [-0.25, -0.2) is 13.5 Å². The highest BCUT2D eigenvalue weighted by Gasteiger charge is 2.33. The molecule has 0 spiro atoms. The van der Waals surface area contributed by atoms with Crippen molar-refractivity contribution in [2.45, 2.75) is 70.4 Å². The van der Waals surface area contributed by atoms with Gasteiger partial charge in [0.15, 0.2) is 34.7 Å². The molecular formula is C27H31F2N5O5. The number of ether oxygens (including phenoxy) is 3. The van der Waals surface area contributed by atoms with Crippen LogP contribution in [0.5, 0.6) is 11.5 Å². The summed E-state index contributed by atoms with van der Waals surface area (Å²) in [6.45, 7) is 4.59. The van der Waals surface area contributed by atoms with Crippen LogP contribution < -0.4 is 15.6 Å². The molecule has 2 aromatic heterocycles. The summed E-state index contributed by atoms with van der Waals surface area (Å²) in [6, 6.07) is 5.13. The number of rotatable bonds is 9. The maximum Gasteiger partial charge on any atom is 0.271 e. The Labute approximate surface area is 223 Å². The zero-order valence-electron chi connectivity index (χ0n) is 21.8. The van der Waals surface area contributed by atoms with Crippen LogP contribution in [0.3, 0.4) is 0 Å². The molecule has 1 saturated carbocycles. The number of nitrogens with zero attached hydrogens (tertiary/aromatic N) is 4. The Hall–Kier alpha value is -3.64. The van der Waals surface area contributed by atoms with Crippen LogP contribution in [0.4, 0.5) is 14.6 Å². The minimum atomic E-state index is -0.909. The summed E-state index contributed by atoms with van der Waals surface area (Å²) >= 11 is 0. The Kier molecular flexibility index (Phi) is 7.76. The zero-order chi connectivity index (χ0) is 27.6. The highest BCUT2D eigenvalue weighted by Crippen LogP contribution is 2.32. The lowest BCUT2D eigenvalue weighted by Gasteiger charge is -2.21. The topological polar surface area (TPSA) is 110 Å². The molecule has 5 rings (SSSR count). The summed E-state index contributed by atoms with van der Waals surface area (Å²) < 4.78 is 47.4. The summed E-state index contributed by atoms with van der Waals surface area (Å²) in [4.78, 5) is 26.5. The summed E-state index contributed by atoms with van der Waals surface area (Å²) in [6.07, 6.45) is 7.20. The fourth-order valence-corrected chi connectivity index (χ4v) is 5.07. The molecule has 1 unspecified atom stereocenters. The molecule has 2 aliphatic rings. The number of hydrogen-bond donors (Lipinski definition) is 1. The van der Waals surface area contributed by atoms with Crippen molar-refractivity contribution >= 4 is 11.7 Å². The quantitative estimate of drug-likeness (QED) is 0.426. The minimum absolute atomic E-state index is 0.139. The normalized spacial score (nSPS) is 19.7. The monoisotopic (exact) mass is 543 g/mol. The predicted molar refractivity (Wildman–Crippen MR) is 136 cm³/mol. The molecular weight excluding hydrogens is 512 g/mol. The van der Waals surface area contributed by atoms with Crippen LogP contribution in [-0.2, 0) is 20.8 Å². The molecule has 0 bridgehead atoms. The van der Waals surface area contributed by atoms with Crippen molar-refractivity contribution in [1.29, 1.82) is 0 Å². The molecule has 1 aliphatic carbocycles. The summed E-state index contributed by atoms with van der Waals surface area (Å²) in [5, 5.41) is 11.4. The number of aromatic nitrogens is 4. The van der Waals surface area contributed by atoms with Gasteiger partial charge in [-0.05, 0) is 38.3 Å². The second kappa shape index (κ2) is 11.2. The van der Waals surface area contributed by atoms with Gasteiger partial charge in [0, 0.05) is 18.3 Å². The predicted octanol–water partition coefficient (Wildman–Crippen LogP) is 4.42. The van der Waals surface area contributed by atoms with Crippen LogP contribution in [0.25, 0.3) is 0 Å². The number of benzene rings is 1. The van der Waals surface area contributed by atoms with Gasteiger partial charge < -0.3 is 19.5 Å². The highest BCUT2D eigenvalue weighted by atomic mass is 19.1. The standard InChI is InChI=1S/C27H31F2N5O5/c1-27(2)37-16-19(39-27)15-33-11-10-23(32-33)31-26(36)22(12-17-6-3-4-7-17)34-24(35)13-18(14-30-34)38-25-20(28)8-5-9-21(25)29/h5,8-11,13-14,17,19,22H,3-4,6-7,12,15-16H2,1-2H3,(H,31,32,36)/t19-,22?/m1/s1. The van der Waals surface area contributed by atoms with Crippen molar-refractivity contribution in [3.8, 4) is 11.5 Å². The molecule has 1 N–H and O–H groups in total. The molecule has 2 fully saturated rings. The van der Waals surface area contributed by atoms with Crippen LogP contribution in [-0.4, -0.2) is 44.0 Å². The van der Waals surface area contributed by atoms with Crippen LogP contribution in [0.1, 0.15) is 52.0 Å². The largest absolute Gasteiger partial charge is 0.449 e. The van der Waals surface area contributed by atoms with E-state index >= 15 is 0 Å². The first-order valence-electron chi connectivity index (χ1n) is 13.0. The van der Waals surface area contributed by atoms with Crippen molar-refractivity contribution in [3.63, 3.8) is 0 Å². The number of nitrogens with one attached hydrogen (secondary N) is 1. The first kappa shape index (κ1) is 26.9. The van der Waals surface area contributed by atoms with Gasteiger partial charge in [-0.15, -0.1) is 0 Å². The lowest BCUT2D eigenvalue weighted by molar-refractivity contribution is -0.139. The SMILES string of the molecule is CC1(C)OC[C@@H](Cn2ccc(NC(=O)C(CC3CCCC3)n3ncc(Oc4c(F)cccc4F)cc3=O)n2)O1. The van der Waals surface area contributed by atoms with Crippen molar-refractivity contribution in [2.24, 2.45) is 5.92 Å². The highest BCUT2D eigenvalue weighted by molar-refractivity contribution is 5.92. The fourth-order valence-electron chi connectivity index (χ4n) is 5.07. The van der Waals surface area contributed by atoms with Crippen molar-refractivity contribution in [2.75, 3.05) is 11.9 Å². The van der Waals surface area contributed by atoms with E-state index in [4.69, 9.17) is 14.2 Å². The number of carbonyl (C=O) groups is 1. The third kappa shape index (κ3) is 6.51. The maximum atomic E-state index is 14.0. The molecule has 1 amide bonds. The van der Waals surface area contributed by atoms with E-state index in [1.807, 2.05) is 13.8 Å². The van der Waals surface area contributed by atoms with E-state index in [9.17, 15) is 18.4 Å². The van der Waals surface area contributed by atoms with Gasteiger partial charge in [0.25, 0.3) is 11.5 Å². The van der Waals surface area contributed by atoms with Gasteiger partial charge in [-0.3, -0.25) is 14.3 Å². The molecule has 1 aromatic carbocycles. The first-order chi connectivity index (χ1) is 18.7. The second-order valence-electron chi connectivity index (χ2n) is 10.4. The maximum absolute atomic E-state index is 14.0. The number of carbonyl (C=O) groups excluding carboxylic acids is 1. The number of anilines is 1. The number of amides is 1. The Balaban J connectivity index is 1.32. The van der Waals surface area contributed by atoms with Gasteiger partial charge >= 0.3 is 0 Å². The minimum Gasteiger partial charge on any atom is -0.449 e. The van der Waals surface area contributed by atoms with E-state index in [-0.39, 0.29) is 17.8 Å². The molecule has 10 nitrogen and oxygen atoms in total. The number of halogens is 2. The van der Waals surface area contributed by atoms with Gasteiger partial charge in [0.2, 0.25) is 0 Å². The summed E-state index contributed by atoms with van der Waals surface area (Å²) in [7, 11) is 0. The molecule has 12 heteroatoms. The third-order valence-corrected chi connectivity index (χ3v) is 6.92. The molecule has 39 heavy (non-hydrogen) atoms. The Morgan fingerprint density at radius 2 is 1.97 bits per heavy atom. The molecule has 1 saturated heterocycles. The molecule has 2 atom stereocenters. The van der Waals surface area contributed by atoms with E-state index in [1.54, 1.807) is 16.9 Å². The van der Waals surface area contributed by atoms with Gasteiger partial charge in [-0.2, -0.15) is 10.2 Å². The van der Waals surface area contributed by atoms with Crippen LogP contribution in [0, 0.1) is 17.6 Å². The van der Waals surface area contributed by atoms with Crippen LogP contribution in [0.15, 0.2) is 47.5 Å². The van der Waals surface area contributed by atoms with Gasteiger partial charge in [0.05, 0.1) is 19.3 Å². The number of para-hydroxylation sites is 1. The molecule has 3 heterocycles. The van der Waals surface area contributed by atoms with Crippen LogP contribution >= 0.6 is 0 Å².